The number of rotatable bonds is 3. The minimum atomic E-state index is -0.807. The van der Waals surface area contributed by atoms with E-state index in [2.05, 4.69) is 0 Å². The molecule has 0 spiro atoms. The standard InChI is InChI=1S/C22H23NO4/c1-13-9-5-6-10-14(13)18-17(20(26)22(2,3)4)19(25)21(27)23(18)15-11-7-8-12-16(15)24/h5-12,18,24-25H,1-4H3. The molecule has 5 heteroatoms. The second-order valence-corrected chi connectivity index (χ2v) is 7.76. The van der Waals surface area contributed by atoms with Crippen molar-refractivity contribution in [2.24, 2.45) is 5.41 Å². The normalized spacial score (nSPS) is 17.6. The average Bonchev–Trinajstić information content (AvgIpc) is 2.86. The van der Waals surface area contributed by atoms with Crippen molar-refractivity contribution in [1.82, 2.24) is 0 Å². The number of aliphatic hydroxyl groups excluding tert-OH is 1. The topological polar surface area (TPSA) is 77.8 Å². The smallest absolute Gasteiger partial charge is 0.294 e. The van der Waals surface area contributed by atoms with Crippen molar-refractivity contribution in [2.45, 2.75) is 33.7 Å². The summed E-state index contributed by atoms with van der Waals surface area (Å²) in [5, 5.41) is 20.9. The molecule has 0 fully saturated rings. The van der Waals surface area contributed by atoms with Gasteiger partial charge in [0.2, 0.25) is 0 Å². The highest BCUT2D eigenvalue weighted by molar-refractivity contribution is 6.17. The van der Waals surface area contributed by atoms with Crippen LogP contribution in [0.25, 0.3) is 0 Å². The summed E-state index contributed by atoms with van der Waals surface area (Å²) in [6, 6.07) is 13.0. The number of carbonyl (C=O) groups excluding carboxylic acids is 2. The number of aryl methyl sites for hydroxylation is 1. The van der Waals surface area contributed by atoms with Gasteiger partial charge in [0.05, 0.1) is 17.3 Å². The van der Waals surface area contributed by atoms with E-state index in [9.17, 15) is 19.8 Å². The van der Waals surface area contributed by atoms with Crippen LogP contribution in [0.2, 0.25) is 0 Å². The number of hydrogen-bond acceptors (Lipinski definition) is 4. The van der Waals surface area contributed by atoms with Gasteiger partial charge in [-0.15, -0.1) is 0 Å². The zero-order valence-corrected chi connectivity index (χ0v) is 15.9. The summed E-state index contributed by atoms with van der Waals surface area (Å²) >= 11 is 0. The van der Waals surface area contributed by atoms with Crippen LogP contribution in [0, 0.1) is 12.3 Å². The molecule has 2 N–H and O–H groups in total. The zero-order valence-electron chi connectivity index (χ0n) is 15.9. The molecule has 3 rings (SSSR count). The predicted octanol–water partition coefficient (Wildman–Crippen LogP) is 4.22. The summed E-state index contributed by atoms with van der Waals surface area (Å²) < 4.78 is 0. The number of anilines is 1. The summed E-state index contributed by atoms with van der Waals surface area (Å²) in [4.78, 5) is 27.4. The van der Waals surface area contributed by atoms with Crippen molar-refractivity contribution < 1.29 is 19.8 Å². The van der Waals surface area contributed by atoms with Gasteiger partial charge in [-0.3, -0.25) is 14.5 Å². The quantitative estimate of drug-likeness (QED) is 0.854. The highest BCUT2D eigenvalue weighted by Crippen LogP contribution is 2.46. The highest BCUT2D eigenvalue weighted by Gasteiger charge is 2.47. The molecule has 1 amide bonds. The minimum Gasteiger partial charge on any atom is -0.506 e. The van der Waals surface area contributed by atoms with E-state index in [0.29, 0.717) is 0 Å². The Morgan fingerprint density at radius 1 is 1.00 bits per heavy atom. The van der Waals surface area contributed by atoms with Crippen molar-refractivity contribution >= 4 is 17.4 Å². The molecule has 0 bridgehead atoms. The van der Waals surface area contributed by atoms with E-state index in [-0.39, 0.29) is 22.8 Å². The summed E-state index contributed by atoms with van der Waals surface area (Å²) in [6.07, 6.45) is 0. The highest BCUT2D eigenvalue weighted by atomic mass is 16.3. The molecule has 1 atom stereocenters. The van der Waals surface area contributed by atoms with E-state index < -0.39 is 23.1 Å². The number of nitrogens with zero attached hydrogens (tertiary/aromatic N) is 1. The summed E-state index contributed by atoms with van der Waals surface area (Å²) in [7, 11) is 0. The lowest BCUT2D eigenvalue weighted by molar-refractivity contribution is -0.123. The van der Waals surface area contributed by atoms with Gasteiger partial charge in [0.15, 0.2) is 11.5 Å². The number of phenols is 1. The van der Waals surface area contributed by atoms with Crippen molar-refractivity contribution in [3.05, 3.63) is 71.0 Å². The van der Waals surface area contributed by atoms with Crippen molar-refractivity contribution in [1.29, 1.82) is 0 Å². The number of carbonyl (C=O) groups is 2. The van der Waals surface area contributed by atoms with E-state index in [1.54, 1.807) is 39.0 Å². The van der Waals surface area contributed by atoms with Crippen molar-refractivity contribution in [3.8, 4) is 5.75 Å². The Kier molecular flexibility index (Phi) is 4.56. The van der Waals surface area contributed by atoms with Crippen molar-refractivity contribution in [3.63, 3.8) is 0 Å². The van der Waals surface area contributed by atoms with Gasteiger partial charge in [-0.2, -0.15) is 0 Å². The number of para-hydroxylation sites is 2. The lowest BCUT2D eigenvalue weighted by Crippen LogP contribution is -2.33. The minimum absolute atomic E-state index is 0.0602. The number of aliphatic hydroxyl groups is 1. The van der Waals surface area contributed by atoms with Gasteiger partial charge in [-0.05, 0) is 30.2 Å². The van der Waals surface area contributed by atoms with Crippen LogP contribution < -0.4 is 4.90 Å². The zero-order chi connectivity index (χ0) is 19.9. The molecule has 27 heavy (non-hydrogen) atoms. The molecule has 2 aromatic rings. The second kappa shape index (κ2) is 6.58. The number of phenolic OH excluding ortho intramolecular Hbond substituents is 1. The van der Waals surface area contributed by atoms with E-state index in [1.807, 2.05) is 31.2 Å². The molecule has 2 aromatic carbocycles. The molecule has 0 aliphatic carbocycles. The largest absolute Gasteiger partial charge is 0.506 e. The van der Waals surface area contributed by atoms with Crippen LogP contribution in [-0.2, 0) is 9.59 Å². The number of hydrogen-bond donors (Lipinski definition) is 2. The Bertz CT molecular complexity index is 953. The van der Waals surface area contributed by atoms with Gasteiger partial charge in [0.1, 0.15) is 5.75 Å². The predicted molar refractivity (Wildman–Crippen MR) is 104 cm³/mol. The van der Waals surface area contributed by atoms with Crippen LogP contribution in [0.4, 0.5) is 5.69 Å². The van der Waals surface area contributed by atoms with Crippen LogP contribution in [-0.4, -0.2) is 21.9 Å². The van der Waals surface area contributed by atoms with Gasteiger partial charge in [0, 0.05) is 5.41 Å². The Balaban J connectivity index is 2.27. The first-order valence-electron chi connectivity index (χ1n) is 8.79. The van der Waals surface area contributed by atoms with E-state index in [1.165, 1.54) is 11.0 Å². The third-order valence-corrected chi connectivity index (χ3v) is 4.76. The van der Waals surface area contributed by atoms with Crippen molar-refractivity contribution in [2.75, 3.05) is 4.90 Å². The first kappa shape index (κ1) is 18.7. The molecule has 0 aromatic heterocycles. The molecule has 5 nitrogen and oxygen atoms in total. The third kappa shape index (κ3) is 3.10. The molecule has 1 aliphatic heterocycles. The third-order valence-electron chi connectivity index (χ3n) is 4.76. The number of aromatic hydroxyl groups is 1. The number of benzene rings is 2. The number of amides is 1. The molecule has 0 saturated carbocycles. The number of ketones is 1. The fraction of sp³-hybridized carbons (Fsp3) is 0.273. The van der Waals surface area contributed by atoms with Gasteiger partial charge in [-0.25, -0.2) is 0 Å². The maximum atomic E-state index is 13.1. The summed E-state index contributed by atoms with van der Waals surface area (Å²) in [5.74, 6) is -1.66. The van der Waals surface area contributed by atoms with Gasteiger partial charge < -0.3 is 10.2 Å². The maximum Gasteiger partial charge on any atom is 0.294 e. The molecule has 1 aliphatic rings. The van der Waals surface area contributed by atoms with Crippen LogP contribution in [0.5, 0.6) is 5.75 Å². The lowest BCUT2D eigenvalue weighted by atomic mass is 9.81. The molecule has 0 saturated heterocycles. The Hall–Kier alpha value is -3.08. The van der Waals surface area contributed by atoms with Gasteiger partial charge in [-0.1, -0.05) is 57.2 Å². The molecular weight excluding hydrogens is 342 g/mol. The van der Waals surface area contributed by atoms with E-state index in [0.717, 1.165) is 11.1 Å². The van der Waals surface area contributed by atoms with E-state index in [4.69, 9.17) is 0 Å². The van der Waals surface area contributed by atoms with Gasteiger partial charge in [0.25, 0.3) is 5.91 Å². The summed E-state index contributed by atoms with van der Waals surface area (Å²) in [6.45, 7) is 7.13. The maximum absolute atomic E-state index is 13.1. The monoisotopic (exact) mass is 365 g/mol. The van der Waals surface area contributed by atoms with Gasteiger partial charge >= 0.3 is 0 Å². The number of Topliss-reactive ketones (excluding diaryl/α,β-unsaturated/α-hetero) is 1. The first-order valence-corrected chi connectivity index (χ1v) is 8.79. The first-order chi connectivity index (χ1) is 12.6. The van der Waals surface area contributed by atoms with Crippen LogP contribution in [0.1, 0.15) is 37.9 Å². The molecule has 0 radical (unpaired) electrons. The fourth-order valence-corrected chi connectivity index (χ4v) is 3.35. The molecule has 140 valence electrons. The van der Waals surface area contributed by atoms with Crippen LogP contribution in [0.3, 0.4) is 0 Å². The average molecular weight is 365 g/mol. The fourth-order valence-electron chi connectivity index (χ4n) is 3.35. The summed E-state index contributed by atoms with van der Waals surface area (Å²) in [5.41, 5.74) is 1.14. The Labute approximate surface area is 158 Å². The van der Waals surface area contributed by atoms with Crippen LogP contribution in [0.15, 0.2) is 59.9 Å². The molecule has 1 heterocycles. The lowest BCUT2D eigenvalue weighted by Gasteiger charge is -2.30. The SMILES string of the molecule is Cc1ccccc1C1C(C(=O)C(C)(C)C)=C(O)C(=O)N1c1ccccc1O. The molecule has 1 unspecified atom stereocenters. The van der Waals surface area contributed by atoms with E-state index >= 15 is 0 Å². The second-order valence-electron chi connectivity index (χ2n) is 7.76. The Morgan fingerprint density at radius 3 is 2.19 bits per heavy atom. The molecular formula is C22H23NO4. The Morgan fingerprint density at radius 2 is 1.59 bits per heavy atom. The van der Waals surface area contributed by atoms with Crippen LogP contribution >= 0.6 is 0 Å².